The van der Waals surface area contributed by atoms with Crippen LogP contribution in [-0.4, -0.2) is 69.5 Å². The number of hydrogen-bond donors (Lipinski definition) is 7. The number of benzene rings is 2. The molecule has 12 nitrogen and oxygen atoms in total. The minimum absolute atomic E-state index is 0.0949. The van der Waals surface area contributed by atoms with E-state index in [1.165, 1.54) is 0 Å². The number of carboxylic acid groups (broad SMARTS) is 2. The summed E-state index contributed by atoms with van der Waals surface area (Å²) in [4.78, 5) is 63.5. The predicted octanol–water partition coefficient (Wildman–Crippen LogP) is 0.316. The molecular weight excluding hydrogens is 506 g/mol. The number of rotatable bonds is 14. The molecule has 1 heterocycles. The van der Waals surface area contributed by atoms with E-state index in [1.807, 2.05) is 54.6 Å². The number of fused-ring (bicyclic) bond motifs is 1. The summed E-state index contributed by atoms with van der Waals surface area (Å²) in [5, 5.41) is 26.2. The van der Waals surface area contributed by atoms with Crippen LogP contribution in [0, 0.1) is 0 Å². The maximum absolute atomic E-state index is 13.1. The quantitative estimate of drug-likeness (QED) is 0.152. The molecule has 206 valence electrons. The van der Waals surface area contributed by atoms with Gasteiger partial charge in [-0.2, -0.15) is 0 Å². The van der Waals surface area contributed by atoms with Crippen molar-refractivity contribution in [2.75, 3.05) is 6.54 Å². The van der Waals surface area contributed by atoms with Crippen LogP contribution in [0.2, 0.25) is 0 Å². The Bertz CT molecular complexity index is 1320. The van der Waals surface area contributed by atoms with Crippen LogP contribution in [0.5, 0.6) is 0 Å². The molecule has 3 amide bonds. The molecular formula is C27H31N5O7. The molecule has 3 aromatic rings. The highest BCUT2D eigenvalue weighted by Crippen LogP contribution is 2.19. The number of carbonyl (C=O) groups is 5. The van der Waals surface area contributed by atoms with Crippen LogP contribution in [0.25, 0.3) is 10.9 Å². The van der Waals surface area contributed by atoms with Gasteiger partial charge in [0.15, 0.2) is 0 Å². The van der Waals surface area contributed by atoms with Crippen LogP contribution >= 0.6 is 0 Å². The third-order valence-corrected chi connectivity index (χ3v) is 6.07. The first-order valence-corrected chi connectivity index (χ1v) is 12.3. The molecule has 8 N–H and O–H groups in total. The van der Waals surface area contributed by atoms with Gasteiger partial charge < -0.3 is 36.9 Å². The van der Waals surface area contributed by atoms with E-state index in [0.717, 1.165) is 22.0 Å². The van der Waals surface area contributed by atoms with Crippen molar-refractivity contribution in [3.8, 4) is 0 Å². The van der Waals surface area contributed by atoms with Crippen LogP contribution in [0.1, 0.15) is 24.0 Å². The largest absolute Gasteiger partial charge is 0.481 e. The number of carboxylic acids is 2. The summed E-state index contributed by atoms with van der Waals surface area (Å²) in [5.74, 6) is -4.65. The second kappa shape index (κ2) is 13.7. The summed E-state index contributed by atoms with van der Waals surface area (Å²) in [6.45, 7) is -0.577. The molecule has 0 spiro atoms. The number of aromatic nitrogens is 1. The zero-order chi connectivity index (χ0) is 28.4. The van der Waals surface area contributed by atoms with Crippen LogP contribution in [0.15, 0.2) is 60.8 Å². The maximum Gasteiger partial charge on any atom is 0.326 e. The summed E-state index contributed by atoms with van der Waals surface area (Å²) in [7, 11) is 0. The number of carbonyl (C=O) groups excluding carboxylic acids is 3. The molecule has 3 atom stereocenters. The van der Waals surface area contributed by atoms with Gasteiger partial charge in [-0.25, -0.2) is 4.79 Å². The van der Waals surface area contributed by atoms with Crippen LogP contribution in [-0.2, 0) is 36.8 Å². The minimum atomic E-state index is -1.43. The number of nitrogens with one attached hydrogen (secondary N) is 4. The Morgan fingerprint density at radius 2 is 1.54 bits per heavy atom. The number of amides is 3. The molecule has 0 fully saturated rings. The highest BCUT2D eigenvalue weighted by atomic mass is 16.4. The van der Waals surface area contributed by atoms with Gasteiger partial charge in [-0.15, -0.1) is 0 Å². The first-order valence-electron chi connectivity index (χ1n) is 12.3. The third kappa shape index (κ3) is 8.68. The summed E-state index contributed by atoms with van der Waals surface area (Å²) >= 11 is 0. The fourth-order valence-corrected chi connectivity index (χ4v) is 4.03. The number of aromatic amines is 1. The Hall–Kier alpha value is -4.71. The first-order chi connectivity index (χ1) is 18.6. The van der Waals surface area contributed by atoms with E-state index < -0.39 is 60.8 Å². The van der Waals surface area contributed by atoms with Gasteiger partial charge in [0.05, 0.1) is 12.6 Å². The Morgan fingerprint density at radius 1 is 0.846 bits per heavy atom. The lowest BCUT2D eigenvalue weighted by Gasteiger charge is -2.21. The van der Waals surface area contributed by atoms with Crippen molar-refractivity contribution in [1.82, 2.24) is 20.9 Å². The summed E-state index contributed by atoms with van der Waals surface area (Å²) in [5.41, 5.74) is 8.56. The third-order valence-electron chi connectivity index (χ3n) is 6.07. The van der Waals surface area contributed by atoms with Crippen molar-refractivity contribution >= 4 is 40.6 Å². The molecule has 0 bridgehead atoms. The molecule has 0 saturated heterocycles. The van der Waals surface area contributed by atoms with Gasteiger partial charge in [0.2, 0.25) is 17.7 Å². The van der Waals surface area contributed by atoms with Gasteiger partial charge in [0.1, 0.15) is 12.1 Å². The molecule has 0 saturated carbocycles. The second-order valence-electron chi connectivity index (χ2n) is 9.03. The van der Waals surface area contributed by atoms with E-state index >= 15 is 0 Å². The van der Waals surface area contributed by atoms with Crippen molar-refractivity contribution in [1.29, 1.82) is 0 Å². The van der Waals surface area contributed by atoms with E-state index in [0.29, 0.717) is 0 Å². The standard InChI is InChI=1S/C27H31N5O7/c28-19(12-16-6-2-1-3-7-16)25(36)32-22(13-17-14-29-20-9-5-4-8-18(17)20)26(37)30-15-23(33)31-21(27(38)39)10-11-24(34)35/h1-9,14,19,21-22,29H,10-13,15,28H2,(H,30,37)(H,31,33)(H,32,36)(H,34,35)(H,38,39). The SMILES string of the molecule is NC(Cc1ccccc1)C(=O)NC(Cc1c[nH]c2ccccc12)C(=O)NCC(=O)NC(CCC(=O)O)C(=O)O. The van der Waals surface area contributed by atoms with Crippen molar-refractivity contribution < 1.29 is 34.2 Å². The van der Waals surface area contributed by atoms with Gasteiger partial charge >= 0.3 is 11.9 Å². The molecule has 0 aliphatic carbocycles. The Balaban J connectivity index is 1.68. The molecule has 0 aliphatic heterocycles. The van der Waals surface area contributed by atoms with Crippen molar-refractivity contribution in [2.45, 2.75) is 43.8 Å². The Kier molecular flexibility index (Phi) is 10.2. The fourth-order valence-electron chi connectivity index (χ4n) is 4.03. The normalized spacial score (nSPS) is 13.2. The molecule has 2 aromatic carbocycles. The van der Waals surface area contributed by atoms with Crippen LogP contribution in [0.3, 0.4) is 0 Å². The molecule has 12 heteroatoms. The lowest BCUT2D eigenvalue weighted by Crippen LogP contribution is -2.54. The lowest BCUT2D eigenvalue weighted by atomic mass is 10.0. The molecule has 0 radical (unpaired) electrons. The topological polar surface area (TPSA) is 204 Å². The summed E-state index contributed by atoms with van der Waals surface area (Å²) in [6.07, 6.45) is 1.31. The zero-order valence-corrected chi connectivity index (χ0v) is 21.1. The number of aliphatic carboxylic acids is 2. The Morgan fingerprint density at radius 3 is 2.23 bits per heavy atom. The van der Waals surface area contributed by atoms with Gasteiger partial charge in [0.25, 0.3) is 0 Å². The second-order valence-corrected chi connectivity index (χ2v) is 9.03. The molecule has 39 heavy (non-hydrogen) atoms. The summed E-state index contributed by atoms with van der Waals surface area (Å²) in [6, 6.07) is 13.2. The van der Waals surface area contributed by atoms with Gasteiger partial charge in [-0.3, -0.25) is 19.2 Å². The van der Waals surface area contributed by atoms with E-state index in [-0.39, 0.29) is 19.3 Å². The summed E-state index contributed by atoms with van der Waals surface area (Å²) < 4.78 is 0. The highest BCUT2D eigenvalue weighted by Gasteiger charge is 2.27. The maximum atomic E-state index is 13.1. The number of nitrogens with two attached hydrogens (primary N) is 1. The van der Waals surface area contributed by atoms with E-state index in [2.05, 4.69) is 20.9 Å². The fraction of sp³-hybridized carbons (Fsp3) is 0.296. The van der Waals surface area contributed by atoms with Gasteiger partial charge in [0, 0.05) is 29.9 Å². The van der Waals surface area contributed by atoms with Gasteiger partial charge in [-0.1, -0.05) is 48.5 Å². The lowest BCUT2D eigenvalue weighted by molar-refractivity contribution is -0.143. The number of para-hydroxylation sites is 1. The van der Waals surface area contributed by atoms with Crippen molar-refractivity contribution in [2.24, 2.45) is 5.73 Å². The average molecular weight is 538 g/mol. The first kappa shape index (κ1) is 28.9. The van der Waals surface area contributed by atoms with Crippen LogP contribution < -0.4 is 21.7 Å². The smallest absolute Gasteiger partial charge is 0.326 e. The van der Waals surface area contributed by atoms with E-state index in [4.69, 9.17) is 10.8 Å². The molecule has 3 rings (SSSR count). The Labute approximate surface area is 224 Å². The number of hydrogen-bond acceptors (Lipinski definition) is 6. The van der Waals surface area contributed by atoms with E-state index in [9.17, 15) is 29.1 Å². The highest BCUT2D eigenvalue weighted by molar-refractivity contribution is 5.93. The van der Waals surface area contributed by atoms with Crippen LogP contribution in [0.4, 0.5) is 0 Å². The van der Waals surface area contributed by atoms with E-state index in [1.54, 1.807) is 6.20 Å². The minimum Gasteiger partial charge on any atom is -0.481 e. The molecule has 1 aromatic heterocycles. The van der Waals surface area contributed by atoms with Gasteiger partial charge in [-0.05, 0) is 30.0 Å². The van der Waals surface area contributed by atoms with Crippen molar-refractivity contribution in [3.63, 3.8) is 0 Å². The molecule has 3 unspecified atom stereocenters. The van der Waals surface area contributed by atoms with Crippen molar-refractivity contribution in [3.05, 3.63) is 71.9 Å². The molecule has 0 aliphatic rings. The predicted molar refractivity (Wildman–Crippen MR) is 142 cm³/mol. The average Bonchev–Trinajstić information content (AvgIpc) is 3.32. The zero-order valence-electron chi connectivity index (χ0n) is 21.1. The number of H-pyrrole nitrogens is 1. The monoisotopic (exact) mass is 537 g/mol.